The second-order valence-corrected chi connectivity index (χ2v) is 5.12. The van der Waals surface area contributed by atoms with Gasteiger partial charge in [-0.3, -0.25) is 4.79 Å². The number of nitrogens with two attached hydrogens (primary N) is 1. The van der Waals surface area contributed by atoms with E-state index in [1.807, 2.05) is 6.92 Å². The lowest BCUT2D eigenvalue weighted by atomic mass is 10.2. The molecule has 1 aromatic rings. The van der Waals surface area contributed by atoms with Crippen LogP contribution in [0.2, 0.25) is 0 Å². The molecule has 2 N–H and O–H groups in total. The summed E-state index contributed by atoms with van der Waals surface area (Å²) in [7, 11) is 0. The molecule has 1 amide bonds. The van der Waals surface area contributed by atoms with Gasteiger partial charge in [0.2, 0.25) is 0 Å². The number of carbonyl (C=O) groups excluding carboxylic acids is 1. The van der Waals surface area contributed by atoms with Gasteiger partial charge in [-0.05, 0) is 24.6 Å². The van der Waals surface area contributed by atoms with Crippen LogP contribution in [0, 0.1) is 11.6 Å². The van der Waals surface area contributed by atoms with Crippen LogP contribution < -0.4 is 5.73 Å². The Kier molecular flexibility index (Phi) is 5.86. The van der Waals surface area contributed by atoms with E-state index in [0.717, 1.165) is 18.6 Å². The van der Waals surface area contributed by atoms with Crippen molar-refractivity contribution in [1.29, 1.82) is 0 Å². The van der Waals surface area contributed by atoms with E-state index in [9.17, 15) is 13.6 Å². The maximum absolute atomic E-state index is 13.1. The number of carbonyl (C=O) groups is 1. The molecule has 0 radical (unpaired) electrons. The average Bonchev–Trinajstić information content (AvgIpc) is 2.57. The molecule has 1 aliphatic rings. The molecule has 1 saturated heterocycles. The highest BCUT2D eigenvalue weighted by Gasteiger charge is 2.23. The third-order valence-corrected chi connectivity index (χ3v) is 3.51. The third-order valence-electron chi connectivity index (χ3n) is 3.51. The zero-order chi connectivity index (χ0) is 16.8. The minimum atomic E-state index is -1.03. The van der Waals surface area contributed by atoms with Gasteiger partial charge in [0.05, 0.1) is 12.7 Å². The van der Waals surface area contributed by atoms with Crippen LogP contribution in [0.5, 0.6) is 0 Å². The number of benzene rings is 1. The number of morpholine rings is 1. The third kappa shape index (κ3) is 4.62. The normalized spacial score (nSPS) is 18.8. The minimum absolute atomic E-state index is 0.0310. The second kappa shape index (κ2) is 7.87. The van der Waals surface area contributed by atoms with Crippen molar-refractivity contribution in [3.8, 4) is 0 Å². The van der Waals surface area contributed by atoms with Crippen LogP contribution in [0.4, 0.5) is 8.78 Å². The molecule has 1 fully saturated rings. The van der Waals surface area contributed by atoms with Crippen LogP contribution in [0.1, 0.15) is 18.9 Å². The molecule has 1 aromatic carbocycles. The molecular weight excluding hydrogens is 308 g/mol. The zero-order valence-corrected chi connectivity index (χ0v) is 12.8. The number of amidine groups is 1. The van der Waals surface area contributed by atoms with Gasteiger partial charge in [-0.1, -0.05) is 12.1 Å². The Morgan fingerprint density at radius 1 is 1.48 bits per heavy atom. The van der Waals surface area contributed by atoms with E-state index in [2.05, 4.69) is 5.16 Å². The Hall–Kier alpha value is -2.22. The van der Waals surface area contributed by atoms with Crippen LogP contribution in [0.25, 0.3) is 0 Å². The van der Waals surface area contributed by atoms with E-state index < -0.39 is 11.6 Å². The predicted molar refractivity (Wildman–Crippen MR) is 79.6 cm³/mol. The number of hydrogen-bond donors (Lipinski definition) is 1. The average molecular weight is 327 g/mol. The molecule has 0 aliphatic carbocycles. The number of halogens is 2. The summed E-state index contributed by atoms with van der Waals surface area (Å²) < 4.78 is 31.4. The molecule has 2 rings (SSSR count). The standard InChI is InChI=1S/C15H19F2N3O3/c1-2-11-8-20(5-6-22-11)14(21)9-23-19-15(18)10-3-4-12(16)13(17)7-10/h3-4,7,11H,2,5-6,8-9H2,1H3,(H2,18,19). The number of ether oxygens (including phenoxy) is 1. The van der Waals surface area contributed by atoms with Crippen molar-refractivity contribution in [2.24, 2.45) is 10.9 Å². The molecule has 0 bridgehead atoms. The van der Waals surface area contributed by atoms with Crippen molar-refractivity contribution in [2.45, 2.75) is 19.4 Å². The monoisotopic (exact) mass is 327 g/mol. The van der Waals surface area contributed by atoms with Crippen molar-refractivity contribution in [1.82, 2.24) is 4.90 Å². The Bertz CT molecular complexity index is 595. The fraction of sp³-hybridized carbons (Fsp3) is 0.467. The topological polar surface area (TPSA) is 77.2 Å². The second-order valence-electron chi connectivity index (χ2n) is 5.12. The molecule has 1 heterocycles. The van der Waals surface area contributed by atoms with Gasteiger partial charge < -0.3 is 20.2 Å². The van der Waals surface area contributed by atoms with Crippen LogP contribution in [-0.2, 0) is 14.4 Å². The van der Waals surface area contributed by atoms with Gasteiger partial charge in [-0.25, -0.2) is 8.78 Å². The summed E-state index contributed by atoms with van der Waals surface area (Å²) in [4.78, 5) is 18.6. The van der Waals surface area contributed by atoms with Crippen LogP contribution in [-0.4, -0.2) is 49.0 Å². The van der Waals surface area contributed by atoms with Crippen molar-refractivity contribution in [3.63, 3.8) is 0 Å². The molecule has 1 unspecified atom stereocenters. The smallest absolute Gasteiger partial charge is 0.263 e. The predicted octanol–water partition coefficient (Wildman–Crippen LogP) is 1.24. The van der Waals surface area contributed by atoms with Gasteiger partial charge in [-0.15, -0.1) is 0 Å². The van der Waals surface area contributed by atoms with Crippen molar-refractivity contribution < 1.29 is 23.1 Å². The molecule has 1 aliphatic heterocycles. The van der Waals surface area contributed by atoms with Crippen LogP contribution in [0.15, 0.2) is 23.4 Å². The highest BCUT2D eigenvalue weighted by Crippen LogP contribution is 2.10. The van der Waals surface area contributed by atoms with Crippen LogP contribution >= 0.6 is 0 Å². The number of nitrogens with zero attached hydrogens (tertiary/aromatic N) is 2. The first-order valence-corrected chi connectivity index (χ1v) is 7.31. The lowest BCUT2D eigenvalue weighted by molar-refractivity contribution is -0.143. The Morgan fingerprint density at radius 2 is 2.26 bits per heavy atom. The van der Waals surface area contributed by atoms with E-state index in [0.29, 0.717) is 19.7 Å². The van der Waals surface area contributed by atoms with E-state index in [4.69, 9.17) is 15.3 Å². The molecular formula is C15H19F2N3O3. The summed E-state index contributed by atoms with van der Waals surface area (Å²) in [6.07, 6.45) is 0.856. The molecule has 126 valence electrons. The molecule has 6 nitrogen and oxygen atoms in total. The number of amides is 1. The molecule has 0 saturated carbocycles. The van der Waals surface area contributed by atoms with Crippen LogP contribution in [0.3, 0.4) is 0 Å². The van der Waals surface area contributed by atoms with E-state index in [1.165, 1.54) is 6.07 Å². The highest BCUT2D eigenvalue weighted by molar-refractivity contribution is 5.97. The van der Waals surface area contributed by atoms with E-state index in [1.54, 1.807) is 4.90 Å². The molecule has 8 heteroatoms. The molecule has 23 heavy (non-hydrogen) atoms. The van der Waals surface area contributed by atoms with Crippen molar-refractivity contribution in [2.75, 3.05) is 26.3 Å². The SMILES string of the molecule is CCC1CN(C(=O)CON=C(N)c2ccc(F)c(F)c2)CCO1. The van der Waals surface area contributed by atoms with Crippen molar-refractivity contribution in [3.05, 3.63) is 35.4 Å². The first-order valence-electron chi connectivity index (χ1n) is 7.31. The molecule has 0 spiro atoms. The zero-order valence-electron chi connectivity index (χ0n) is 12.8. The highest BCUT2D eigenvalue weighted by atomic mass is 19.2. The maximum Gasteiger partial charge on any atom is 0.263 e. The van der Waals surface area contributed by atoms with E-state index >= 15 is 0 Å². The fourth-order valence-corrected chi connectivity index (χ4v) is 2.15. The molecule has 0 aromatic heterocycles. The lowest BCUT2D eigenvalue weighted by Gasteiger charge is -2.32. The van der Waals surface area contributed by atoms with E-state index in [-0.39, 0.29) is 30.0 Å². The summed E-state index contributed by atoms with van der Waals surface area (Å²) in [6.45, 7) is 3.22. The van der Waals surface area contributed by atoms with Gasteiger partial charge in [0.1, 0.15) is 0 Å². The quantitative estimate of drug-likeness (QED) is 0.501. The Balaban J connectivity index is 1.87. The fourth-order valence-electron chi connectivity index (χ4n) is 2.15. The number of oxime groups is 1. The number of hydrogen-bond acceptors (Lipinski definition) is 4. The Morgan fingerprint density at radius 3 is 2.96 bits per heavy atom. The summed E-state index contributed by atoms with van der Waals surface area (Å²) in [5.41, 5.74) is 5.79. The summed E-state index contributed by atoms with van der Waals surface area (Å²) in [5.74, 6) is -2.37. The first-order chi connectivity index (χ1) is 11.0. The molecule has 1 atom stereocenters. The number of rotatable bonds is 5. The summed E-state index contributed by atoms with van der Waals surface area (Å²) in [5, 5.41) is 3.57. The largest absolute Gasteiger partial charge is 0.384 e. The minimum Gasteiger partial charge on any atom is -0.384 e. The summed E-state index contributed by atoms with van der Waals surface area (Å²) in [6, 6.07) is 3.13. The van der Waals surface area contributed by atoms with Gasteiger partial charge in [0.15, 0.2) is 24.1 Å². The van der Waals surface area contributed by atoms with Gasteiger partial charge >= 0.3 is 0 Å². The van der Waals surface area contributed by atoms with Gasteiger partial charge in [-0.2, -0.15) is 0 Å². The maximum atomic E-state index is 13.1. The van der Waals surface area contributed by atoms with Gasteiger partial charge in [0.25, 0.3) is 5.91 Å². The van der Waals surface area contributed by atoms with Crippen molar-refractivity contribution >= 4 is 11.7 Å². The van der Waals surface area contributed by atoms with Gasteiger partial charge in [0, 0.05) is 18.7 Å². The summed E-state index contributed by atoms with van der Waals surface area (Å²) >= 11 is 0. The lowest BCUT2D eigenvalue weighted by Crippen LogP contribution is -2.46. The first kappa shape index (κ1) is 17.1. The Labute approximate surface area is 132 Å².